The van der Waals surface area contributed by atoms with Crippen LogP contribution in [-0.2, 0) is 23.5 Å². The van der Waals surface area contributed by atoms with Crippen molar-refractivity contribution in [3.63, 3.8) is 0 Å². The lowest BCUT2D eigenvalue weighted by Gasteiger charge is -2.54. The summed E-state index contributed by atoms with van der Waals surface area (Å²) in [4.78, 5) is 50.3. The molecule has 52 heavy (non-hydrogen) atoms. The highest BCUT2D eigenvalue weighted by Gasteiger charge is 2.59. The minimum Gasteiger partial charge on any atom is -0.457 e. The summed E-state index contributed by atoms with van der Waals surface area (Å²) in [6.07, 6.45) is 2.65. The number of carbonyl (C=O) groups excluding carboxylic acids is 3. The van der Waals surface area contributed by atoms with Gasteiger partial charge in [0.1, 0.15) is 17.1 Å². The molecule has 10 heteroatoms. The summed E-state index contributed by atoms with van der Waals surface area (Å²) in [5.41, 5.74) is 0.228. The van der Waals surface area contributed by atoms with E-state index in [1.54, 1.807) is 23.2 Å². The summed E-state index contributed by atoms with van der Waals surface area (Å²) >= 11 is 1.04. The molecule has 5 rings (SSSR count). The fourth-order valence-electron chi connectivity index (χ4n) is 6.61. The second-order valence-electron chi connectivity index (χ2n) is 14.6. The molecule has 3 aromatic carbocycles. The third-order valence-corrected chi connectivity index (χ3v) is 20.0. The average molecular weight is 753 g/mol. The molecule has 0 bridgehead atoms. The summed E-state index contributed by atoms with van der Waals surface area (Å²) in [7, 11) is -2.35. The van der Waals surface area contributed by atoms with E-state index in [0.29, 0.717) is 5.03 Å². The van der Waals surface area contributed by atoms with E-state index in [2.05, 4.69) is 45.4 Å². The van der Waals surface area contributed by atoms with Gasteiger partial charge in [0.15, 0.2) is 13.4 Å². The van der Waals surface area contributed by atoms with Gasteiger partial charge in [-0.15, -0.1) is 0 Å². The van der Waals surface area contributed by atoms with E-state index >= 15 is 4.79 Å². The maximum absolute atomic E-state index is 15.1. The maximum atomic E-state index is 15.1. The molecule has 1 amide bonds. The molecule has 1 aromatic heterocycles. The molecule has 272 valence electrons. The number of likely N-dealkylation sites (tertiary alicyclic amines) is 1. The first kappa shape index (κ1) is 39.2. The molecule has 1 saturated heterocycles. The van der Waals surface area contributed by atoms with E-state index in [1.807, 2.05) is 111 Å². The molecule has 2 heterocycles. The standard InChI is InChI=1S/C42H49N2O5PSSi/c1-9-29-48-40(46)39(50(32-21-13-10-14-22-32,33-23-15-11-16-24-33)34-25-17-12-18-26-34)44-37(30(2)41(47)51-35-27-19-20-28-43-35)36(38(44)45)31(3)49-52(7,8)42(4,5)6/h9-28,30-31,36-37H,1,29H2,2-8H3/t30-,31-,36-,37-/m1/s1. The molecule has 1 aliphatic rings. The Labute approximate surface area is 314 Å². The molecule has 1 fully saturated rings. The lowest BCUT2D eigenvalue weighted by atomic mass is 9.77. The molecule has 0 unspecified atom stereocenters. The predicted octanol–water partition coefficient (Wildman–Crippen LogP) is 7.43. The predicted molar refractivity (Wildman–Crippen MR) is 217 cm³/mol. The Balaban J connectivity index is 1.84. The zero-order valence-electron chi connectivity index (χ0n) is 31.1. The summed E-state index contributed by atoms with van der Waals surface area (Å²) in [5.74, 6) is -2.29. The van der Waals surface area contributed by atoms with Crippen LogP contribution in [0.25, 0.3) is 0 Å². The number of hydrogen-bond donors (Lipinski definition) is 0. The highest BCUT2D eigenvalue weighted by Crippen LogP contribution is 2.51. The number of hydrogen-bond acceptors (Lipinski definition) is 7. The quantitative estimate of drug-likeness (QED) is 0.0351. The van der Waals surface area contributed by atoms with Gasteiger partial charge in [-0.1, -0.05) is 137 Å². The van der Waals surface area contributed by atoms with E-state index < -0.39 is 45.2 Å². The van der Waals surface area contributed by atoms with Crippen molar-refractivity contribution >= 4 is 65.3 Å². The lowest BCUT2D eigenvalue weighted by Crippen LogP contribution is -2.71. The Morgan fingerprint density at radius 2 is 1.38 bits per heavy atom. The molecular formula is C42H49N2O5PSSi. The largest absolute Gasteiger partial charge is 0.457 e. The number of thioether (sulfide) groups is 1. The minimum atomic E-state index is -3.17. The fourth-order valence-corrected chi connectivity index (χ4v) is 13.2. The number of amides is 1. The van der Waals surface area contributed by atoms with Crippen molar-refractivity contribution in [1.82, 2.24) is 9.88 Å². The minimum absolute atomic E-state index is 0.0499. The third-order valence-electron chi connectivity index (χ3n) is 10.2. The number of benzene rings is 3. The molecule has 4 aromatic rings. The van der Waals surface area contributed by atoms with Crippen molar-refractivity contribution in [1.29, 1.82) is 0 Å². The number of β-lactam (4-membered cyclic amide) rings is 1. The van der Waals surface area contributed by atoms with Gasteiger partial charge >= 0.3 is 5.97 Å². The van der Waals surface area contributed by atoms with Crippen LogP contribution in [0.5, 0.6) is 0 Å². The van der Waals surface area contributed by atoms with Crippen molar-refractivity contribution < 1.29 is 23.5 Å². The number of nitrogens with zero attached hydrogens (tertiary/aromatic N) is 2. The summed E-state index contributed by atoms with van der Waals surface area (Å²) in [5, 5.41) is 2.92. The first-order valence-corrected chi connectivity index (χ1v) is 23.1. The van der Waals surface area contributed by atoms with E-state index in [9.17, 15) is 9.59 Å². The van der Waals surface area contributed by atoms with Crippen molar-refractivity contribution in [2.75, 3.05) is 6.61 Å². The number of carbonyl (C=O) groups is 3. The van der Waals surface area contributed by atoms with Gasteiger partial charge in [-0.3, -0.25) is 9.59 Å². The molecule has 0 aliphatic carbocycles. The normalized spacial score (nSPS) is 17.4. The van der Waals surface area contributed by atoms with E-state index in [-0.39, 0.29) is 28.1 Å². The van der Waals surface area contributed by atoms with Crippen LogP contribution in [0.3, 0.4) is 0 Å². The van der Waals surface area contributed by atoms with Gasteiger partial charge in [-0.2, -0.15) is 0 Å². The highest BCUT2D eigenvalue weighted by atomic mass is 32.2. The van der Waals surface area contributed by atoms with Crippen LogP contribution in [0.15, 0.2) is 133 Å². The summed E-state index contributed by atoms with van der Waals surface area (Å²) in [6.45, 7) is 15.1. The Morgan fingerprint density at radius 3 is 1.83 bits per heavy atom. The molecule has 1 aliphatic heterocycles. The van der Waals surface area contributed by atoms with Crippen molar-refractivity contribution in [2.45, 2.75) is 69.9 Å². The van der Waals surface area contributed by atoms with Gasteiger partial charge < -0.3 is 14.1 Å². The zero-order valence-corrected chi connectivity index (χ0v) is 33.8. The summed E-state index contributed by atoms with van der Waals surface area (Å²) in [6, 6.07) is 34.3. The van der Waals surface area contributed by atoms with E-state index in [4.69, 9.17) is 9.16 Å². The second-order valence-corrected chi connectivity index (χ2v) is 23.7. The molecule has 0 saturated carbocycles. The number of rotatable bonds is 13. The lowest BCUT2D eigenvalue weighted by molar-refractivity contribution is -0.160. The monoisotopic (exact) mass is 752 g/mol. The molecular weight excluding hydrogens is 704 g/mol. The molecule has 7 nitrogen and oxygen atoms in total. The van der Waals surface area contributed by atoms with Crippen LogP contribution in [0.2, 0.25) is 18.1 Å². The molecule has 0 spiro atoms. The summed E-state index contributed by atoms with van der Waals surface area (Å²) < 4.78 is 12.8. The van der Waals surface area contributed by atoms with Gasteiger partial charge in [0.2, 0.25) is 5.91 Å². The van der Waals surface area contributed by atoms with Gasteiger partial charge in [0.25, 0.3) is 0 Å². The zero-order chi connectivity index (χ0) is 37.7. The number of ether oxygens (including phenoxy) is 1. The van der Waals surface area contributed by atoms with Crippen molar-refractivity contribution in [3.05, 3.63) is 128 Å². The Morgan fingerprint density at radius 1 is 0.885 bits per heavy atom. The Hall–Kier alpha value is -4.01. The van der Waals surface area contributed by atoms with E-state index in [0.717, 1.165) is 27.7 Å². The van der Waals surface area contributed by atoms with Gasteiger partial charge in [0.05, 0.1) is 18.1 Å². The second kappa shape index (κ2) is 16.3. The first-order valence-electron chi connectivity index (χ1n) is 17.6. The Bertz CT molecular complexity index is 1830. The molecule has 4 atom stereocenters. The number of esters is 1. The smallest absolute Gasteiger partial charge is 0.356 e. The van der Waals surface area contributed by atoms with Crippen molar-refractivity contribution in [3.8, 4) is 0 Å². The van der Waals surface area contributed by atoms with Crippen LogP contribution in [-0.4, -0.2) is 59.4 Å². The van der Waals surface area contributed by atoms with Crippen LogP contribution in [0, 0.1) is 11.8 Å². The van der Waals surface area contributed by atoms with E-state index in [1.165, 1.54) is 6.08 Å². The topological polar surface area (TPSA) is 85.8 Å². The number of aromatic nitrogens is 1. The van der Waals surface area contributed by atoms with Crippen LogP contribution < -0.4 is 15.9 Å². The SMILES string of the molecule is C=CCOC(=O)C(N1C(=O)[C@H]([C@@H](C)O[Si](C)(C)C(C)(C)C)[C@H]1[C@@H](C)C(=O)Sc1ccccn1)=P(c1ccccc1)(c1ccccc1)c1ccccc1. The van der Waals surface area contributed by atoms with Crippen LogP contribution in [0.4, 0.5) is 0 Å². The highest BCUT2D eigenvalue weighted by molar-refractivity contribution is 8.13. The van der Waals surface area contributed by atoms with Crippen LogP contribution >= 0.6 is 18.6 Å². The van der Waals surface area contributed by atoms with Gasteiger partial charge in [-0.25, -0.2) is 9.78 Å². The number of pyridine rings is 1. The average Bonchev–Trinajstić information content (AvgIpc) is 3.13. The Kier molecular flexibility index (Phi) is 12.3. The third kappa shape index (κ3) is 7.69. The molecule has 0 radical (unpaired) electrons. The van der Waals surface area contributed by atoms with Crippen molar-refractivity contribution in [2.24, 2.45) is 11.8 Å². The first-order chi connectivity index (χ1) is 24.8. The van der Waals surface area contributed by atoms with Gasteiger partial charge in [0, 0.05) is 19.0 Å². The molecule has 0 N–H and O–H groups in total. The van der Waals surface area contributed by atoms with Gasteiger partial charge in [-0.05, 0) is 64.9 Å². The fraction of sp³-hybridized carbons (Fsp3) is 0.310. The maximum Gasteiger partial charge on any atom is 0.356 e. The van der Waals surface area contributed by atoms with Crippen LogP contribution in [0.1, 0.15) is 34.6 Å².